The third-order valence-electron chi connectivity index (χ3n) is 8.48. The molecule has 1 saturated carbocycles. The van der Waals surface area contributed by atoms with E-state index in [0.717, 1.165) is 19.4 Å². The molecule has 256 valence electrons. The van der Waals surface area contributed by atoms with Crippen molar-refractivity contribution in [1.82, 2.24) is 21.3 Å². The summed E-state index contributed by atoms with van der Waals surface area (Å²) in [6.07, 6.45) is -3.58. The van der Waals surface area contributed by atoms with Crippen LogP contribution in [0.5, 0.6) is 0 Å². The van der Waals surface area contributed by atoms with E-state index in [1.54, 1.807) is 14.0 Å². The summed E-state index contributed by atoms with van der Waals surface area (Å²) in [7, 11) is 1.65. The van der Waals surface area contributed by atoms with Gasteiger partial charge in [-0.3, -0.25) is 4.79 Å². The Morgan fingerprint density at radius 1 is 1.25 bits per heavy atom. The lowest BCUT2D eigenvalue weighted by atomic mass is 9.83. The molecule has 0 aromatic rings. The Labute approximate surface area is 259 Å². The molecule has 16 heteroatoms. The normalized spacial score (nSPS) is 33.6. The lowest BCUT2D eigenvalue weighted by Gasteiger charge is -2.46. The van der Waals surface area contributed by atoms with E-state index >= 15 is 0 Å². The van der Waals surface area contributed by atoms with Gasteiger partial charge in [0.15, 0.2) is 6.29 Å². The predicted octanol–water partition coefficient (Wildman–Crippen LogP) is -4.35. The highest BCUT2D eigenvalue weighted by atomic mass is 16.7. The maximum Gasteiger partial charge on any atom is 0.249 e. The fourth-order valence-electron chi connectivity index (χ4n) is 5.72. The van der Waals surface area contributed by atoms with Gasteiger partial charge in [-0.25, -0.2) is 0 Å². The zero-order chi connectivity index (χ0) is 32.2. The molecule has 0 aromatic carbocycles. The topological polar surface area (TPSA) is 261 Å². The van der Waals surface area contributed by atoms with Crippen molar-refractivity contribution in [3.8, 4) is 0 Å². The molecule has 0 radical (unpaired) electrons. The summed E-state index contributed by atoms with van der Waals surface area (Å²) in [4.78, 5) is 12.8. The Hall–Kier alpha value is -1.51. The van der Waals surface area contributed by atoms with Crippen LogP contribution < -0.4 is 38.5 Å². The summed E-state index contributed by atoms with van der Waals surface area (Å²) in [6.45, 7) is 3.16. The summed E-state index contributed by atoms with van der Waals surface area (Å²) >= 11 is 0. The molecule has 1 saturated heterocycles. The van der Waals surface area contributed by atoms with E-state index in [1.807, 2.05) is 6.08 Å². The van der Waals surface area contributed by atoms with Crippen molar-refractivity contribution in [3.63, 3.8) is 0 Å². The number of aliphatic hydroxyl groups excluding tert-OH is 4. The Balaban J connectivity index is 1.83. The van der Waals surface area contributed by atoms with Crippen molar-refractivity contribution < 1.29 is 44.2 Å². The number of hydrogen-bond acceptors (Lipinski definition) is 15. The number of hydrogen-bond donors (Lipinski definition) is 11. The van der Waals surface area contributed by atoms with E-state index in [4.69, 9.17) is 36.1 Å². The molecule has 44 heavy (non-hydrogen) atoms. The second-order valence-corrected chi connectivity index (χ2v) is 11.7. The van der Waals surface area contributed by atoms with E-state index in [2.05, 4.69) is 21.3 Å². The molecule has 3 rings (SSSR count). The number of ether oxygens (including phenoxy) is 4. The minimum Gasteiger partial charge on any atom is -0.467 e. The molecule has 16 nitrogen and oxygen atoms in total. The van der Waals surface area contributed by atoms with Gasteiger partial charge in [0.2, 0.25) is 12.2 Å². The van der Waals surface area contributed by atoms with Crippen molar-refractivity contribution in [3.05, 3.63) is 11.8 Å². The van der Waals surface area contributed by atoms with Crippen LogP contribution in [0.1, 0.15) is 39.0 Å². The number of carbonyl (C=O) groups is 1. The van der Waals surface area contributed by atoms with Crippen molar-refractivity contribution in [2.75, 3.05) is 46.4 Å². The first-order valence-electron chi connectivity index (χ1n) is 15.7. The first kappa shape index (κ1) is 37.0. The van der Waals surface area contributed by atoms with Gasteiger partial charge in [-0.1, -0.05) is 0 Å². The largest absolute Gasteiger partial charge is 0.467 e. The van der Waals surface area contributed by atoms with Crippen LogP contribution in [-0.4, -0.2) is 146 Å². The lowest BCUT2D eigenvalue weighted by molar-refractivity contribution is -0.273. The monoisotopic (exact) mass is 633 g/mol. The highest BCUT2D eigenvalue weighted by Gasteiger charge is 2.49. The summed E-state index contributed by atoms with van der Waals surface area (Å²) in [5, 5.41) is 54.9. The number of carbonyl (C=O) groups excluding carboxylic acids is 1. The van der Waals surface area contributed by atoms with Crippen LogP contribution >= 0.6 is 0 Å². The maximum atomic E-state index is 12.8. The van der Waals surface area contributed by atoms with Gasteiger partial charge < -0.3 is 77.8 Å². The van der Waals surface area contributed by atoms with Crippen LogP contribution in [0.4, 0.5) is 0 Å². The Morgan fingerprint density at radius 2 is 2.02 bits per heavy atom. The third kappa shape index (κ3) is 10.2. The minimum atomic E-state index is -1.43. The molecule has 1 unspecified atom stereocenters. The van der Waals surface area contributed by atoms with E-state index in [-0.39, 0.29) is 45.2 Å². The quantitative estimate of drug-likeness (QED) is 0.0637. The summed E-state index contributed by atoms with van der Waals surface area (Å²) in [5.74, 6) is -0.151. The van der Waals surface area contributed by atoms with Gasteiger partial charge in [0.25, 0.3) is 0 Å². The molecule has 2 fully saturated rings. The molecule has 0 spiro atoms. The van der Waals surface area contributed by atoms with Gasteiger partial charge in [-0.05, 0) is 65.2 Å². The number of nitrogens with two attached hydrogens (primary N) is 3. The standard InChI is InChI=1S/C28H55N7O9/c1-15(32-2)22(38)28(41-11-10-36)44-25-20(35-26(40)21(37)7-8-29)12-18(31)24(23(25)39)43-27-19(6-5-17(13-30)42-27)34-14-16-4-3-9-33-16/h5,15-16,18-25,27-28,32-34,36-39H,3-4,6-14,29-31H2,1-2H3,(H,35,40)/t15-,16?,18-,19+,20+,21-,22+,23-,24+,25-,27+,28+/m0/s1. The Bertz CT molecular complexity index is 884. The van der Waals surface area contributed by atoms with E-state index in [1.165, 1.54) is 0 Å². The zero-order valence-electron chi connectivity index (χ0n) is 25.8. The molecule has 0 bridgehead atoms. The summed E-state index contributed by atoms with van der Waals surface area (Å²) in [5.41, 5.74) is 17.9. The molecule has 2 heterocycles. The number of nitrogens with one attached hydrogen (secondary N) is 4. The van der Waals surface area contributed by atoms with Gasteiger partial charge >= 0.3 is 0 Å². The van der Waals surface area contributed by atoms with E-state index in [0.29, 0.717) is 24.8 Å². The number of amides is 1. The van der Waals surface area contributed by atoms with Gasteiger partial charge in [-0.2, -0.15) is 0 Å². The molecule has 1 amide bonds. The molecule has 0 aromatic heterocycles. The highest BCUT2D eigenvalue weighted by Crippen LogP contribution is 2.30. The molecule has 1 aliphatic carbocycles. The van der Waals surface area contributed by atoms with Crippen LogP contribution in [-0.2, 0) is 23.7 Å². The SMILES string of the molecule is CN[C@@H](C)[C@@H](O)[C@H](OCCO)O[C@@H]1[C@@H](O)[C@H](O[C@H]2OC(CN)=CC[C@H]2NCC2CCCN2)[C@@H](N)C[C@H]1NC(=O)[C@@H](O)CCN. The Kier molecular flexibility index (Phi) is 15.6. The molecule has 12 atom stereocenters. The zero-order valence-corrected chi connectivity index (χ0v) is 25.8. The first-order valence-corrected chi connectivity index (χ1v) is 15.7. The van der Waals surface area contributed by atoms with Crippen molar-refractivity contribution in [2.45, 2.75) is 112 Å². The second-order valence-electron chi connectivity index (χ2n) is 11.7. The van der Waals surface area contributed by atoms with Crippen LogP contribution in [0.3, 0.4) is 0 Å². The van der Waals surface area contributed by atoms with Crippen molar-refractivity contribution >= 4 is 5.91 Å². The number of likely N-dealkylation sites (N-methyl/N-ethyl adjacent to an activating group) is 1. The minimum absolute atomic E-state index is 0.0336. The average Bonchev–Trinajstić information content (AvgIpc) is 3.55. The van der Waals surface area contributed by atoms with Gasteiger partial charge in [0, 0.05) is 24.7 Å². The lowest BCUT2D eigenvalue weighted by Crippen LogP contribution is -2.67. The van der Waals surface area contributed by atoms with Gasteiger partial charge in [0.1, 0.15) is 36.3 Å². The van der Waals surface area contributed by atoms with E-state index in [9.17, 15) is 25.2 Å². The second kappa shape index (κ2) is 18.6. The highest BCUT2D eigenvalue weighted by molar-refractivity contribution is 5.80. The molecule has 2 aliphatic heterocycles. The number of aliphatic hydroxyl groups is 4. The maximum absolute atomic E-state index is 12.8. The first-order chi connectivity index (χ1) is 21.1. The molecule has 3 aliphatic rings. The van der Waals surface area contributed by atoms with Crippen LogP contribution in [0.15, 0.2) is 11.8 Å². The van der Waals surface area contributed by atoms with Gasteiger partial charge in [0.05, 0.1) is 31.8 Å². The molecular weight excluding hydrogens is 578 g/mol. The van der Waals surface area contributed by atoms with Crippen molar-refractivity contribution in [2.24, 2.45) is 17.2 Å². The fraction of sp³-hybridized carbons (Fsp3) is 0.893. The van der Waals surface area contributed by atoms with Gasteiger partial charge in [-0.15, -0.1) is 0 Å². The number of rotatable bonds is 18. The molecule has 14 N–H and O–H groups in total. The summed E-state index contributed by atoms with van der Waals surface area (Å²) in [6, 6.07) is -2.10. The van der Waals surface area contributed by atoms with E-state index < -0.39 is 67.1 Å². The smallest absolute Gasteiger partial charge is 0.249 e. The van der Waals surface area contributed by atoms with Crippen LogP contribution in [0.2, 0.25) is 0 Å². The van der Waals surface area contributed by atoms with Crippen LogP contribution in [0.25, 0.3) is 0 Å². The molecular formula is C28H55N7O9. The fourth-order valence-corrected chi connectivity index (χ4v) is 5.72. The third-order valence-corrected chi connectivity index (χ3v) is 8.48. The Morgan fingerprint density at radius 3 is 2.66 bits per heavy atom. The predicted molar refractivity (Wildman–Crippen MR) is 161 cm³/mol. The summed E-state index contributed by atoms with van der Waals surface area (Å²) < 4.78 is 24.3. The van der Waals surface area contributed by atoms with Crippen molar-refractivity contribution in [1.29, 1.82) is 0 Å². The average molecular weight is 634 g/mol. The van der Waals surface area contributed by atoms with Crippen LogP contribution in [0, 0.1) is 0 Å².